The summed E-state index contributed by atoms with van der Waals surface area (Å²) in [5, 5.41) is 8.45. The fourth-order valence-corrected chi connectivity index (χ4v) is 2.67. The van der Waals surface area contributed by atoms with Crippen molar-refractivity contribution in [3.63, 3.8) is 0 Å². The Hall–Kier alpha value is -2.37. The van der Waals surface area contributed by atoms with E-state index in [0.29, 0.717) is 22.9 Å². The lowest BCUT2D eigenvalue weighted by atomic mass is 10.1. The third-order valence-corrected chi connectivity index (χ3v) is 3.97. The number of fused-ring (bicyclic) bond motifs is 1. The van der Waals surface area contributed by atoms with Gasteiger partial charge in [-0.05, 0) is 29.8 Å². The standard InChI is InChI=1S/C18H17ClN2O3/c1-23-11-16(12-6-8-13(19)9-7-12)20-18(22)10-15-14-4-2-3-5-17(14)24-21-15/h2-9,16H,10-11H2,1H3,(H,20,22). The van der Waals surface area contributed by atoms with E-state index in [1.54, 1.807) is 19.2 Å². The van der Waals surface area contributed by atoms with Gasteiger partial charge >= 0.3 is 0 Å². The molecule has 1 heterocycles. The zero-order valence-electron chi connectivity index (χ0n) is 13.2. The van der Waals surface area contributed by atoms with E-state index >= 15 is 0 Å². The van der Waals surface area contributed by atoms with E-state index in [1.165, 1.54) is 0 Å². The SMILES string of the molecule is COCC(NC(=O)Cc1noc2ccccc12)c1ccc(Cl)cc1. The fraction of sp³-hybridized carbons (Fsp3) is 0.222. The van der Waals surface area contributed by atoms with Crippen LogP contribution in [0.2, 0.25) is 5.02 Å². The first kappa shape index (κ1) is 16.5. The monoisotopic (exact) mass is 344 g/mol. The molecule has 3 rings (SSSR count). The number of hydrogen-bond acceptors (Lipinski definition) is 4. The number of hydrogen-bond donors (Lipinski definition) is 1. The highest BCUT2D eigenvalue weighted by atomic mass is 35.5. The summed E-state index contributed by atoms with van der Waals surface area (Å²) in [7, 11) is 1.60. The largest absolute Gasteiger partial charge is 0.382 e. The lowest BCUT2D eigenvalue weighted by Crippen LogP contribution is -2.32. The van der Waals surface area contributed by atoms with Crippen molar-refractivity contribution in [2.45, 2.75) is 12.5 Å². The van der Waals surface area contributed by atoms with Crippen LogP contribution in [0.4, 0.5) is 0 Å². The van der Waals surface area contributed by atoms with Crippen molar-refractivity contribution in [3.05, 3.63) is 64.8 Å². The van der Waals surface area contributed by atoms with Gasteiger partial charge in [0.2, 0.25) is 5.91 Å². The van der Waals surface area contributed by atoms with Gasteiger partial charge in [-0.15, -0.1) is 0 Å². The Morgan fingerprint density at radius 1 is 1.25 bits per heavy atom. The molecule has 24 heavy (non-hydrogen) atoms. The molecule has 6 heteroatoms. The molecule has 3 aromatic rings. The second kappa shape index (κ2) is 7.47. The predicted molar refractivity (Wildman–Crippen MR) is 91.9 cm³/mol. The van der Waals surface area contributed by atoms with Gasteiger partial charge in [-0.3, -0.25) is 4.79 Å². The van der Waals surface area contributed by atoms with Crippen LogP contribution in [0, 0.1) is 0 Å². The highest BCUT2D eigenvalue weighted by Gasteiger charge is 2.17. The van der Waals surface area contributed by atoms with Gasteiger partial charge in [0.1, 0.15) is 5.69 Å². The minimum atomic E-state index is -0.252. The third-order valence-electron chi connectivity index (χ3n) is 3.72. The molecule has 124 valence electrons. The van der Waals surface area contributed by atoms with E-state index in [4.69, 9.17) is 20.9 Å². The molecule has 0 aliphatic heterocycles. The predicted octanol–water partition coefficient (Wildman–Crippen LogP) is 3.53. The molecule has 0 aliphatic rings. The maximum Gasteiger partial charge on any atom is 0.226 e. The number of rotatable bonds is 6. The Balaban J connectivity index is 1.72. The second-order valence-electron chi connectivity index (χ2n) is 5.43. The van der Waals surface area contributed by atoms with Gasteiger partial charge in [0.25, 0.3) is 0 Å². The first-order valence-corrected chi connectivity index (χ1v) is 7.92. The molecule has 1 N–H and O–H groups in total. The van der Waals surface area contributed by atoms with E-state index in [0.717, 1.165) is 10.9 Å². The van der Waals surface area contributed by atoms with Crippen molar-refractivity contribution in [2.24, 2.45) is 0 Å². The van der Waals surface area contributed by atoms with E-state index < -0.39 is 0 Å². The van der Waals surface area contributed by atoms with Crippen LogP contribution in [0.3, 0.4) is 0 Å². The Labute approximate surface area is 144 Å². The van der Waals surface area contributed by atoms with Crippen LogP contribution in [0.25, 0.3) is 11.0 Å². The lowest BCUT2D eigenvalue weighted by Gasteiger charge is -2.18. The number of amides is 1. The zero-order valence-corrected chi connectivity index (χ0v) is 13.9. The van der Waals surface area contributed by atoms with E-state index in [2.05, 4.69) is 10.5 Å². The number of halogens is 1. The lowest BCUT2D eigenvalue weighted by molar-refractivity contribution is -0.121. The van der Waals surface area contributed by atoms with Crippen molar-refractivity contribution >= 4 is 28.5 Å². The summed E-state index contributed by atoms with van der Waals surface area (Å²) < 4.78 is 10.4. The van der Waals surface area contributed by atoms with Gasteiger partial charge in [0, 0.05) is 17.5 Å². The van der Waals surface area contributed by atoms with E-state index in [-0.39, 0.29) is 18.4 Å². The van der Waals surface area contributed by atoms with Crippen LogP contribution in [-0.2, 0) is 16.0 Å². The van der Waals surface area contributed by atoms with E-state index in [9.17, 15) is 4.79 Å². The van der Waals surface area contributed by atoms with E-state index in [1.807, 2.05) is 36.4 Å². The molecule has 0 bridgehead atoms. The average Bonchev–Trinajstić information content (AvgIpc) is 2.98. The van der Waals surface area contributed by atoms with Gasteiger partial charge in [0.05, 0.1) is 19.1 Å². The molecule has 0 radical (unpaired) electrons. The first-order chi connectivity index (χ1) is 11.7. The summed E-state index contributed by atoms with van der Waals surface area (Å²) in [6.45, 7) is 0.368. The minimum Gasteiger partial charge on any atom is -0.382 e. The van der Waals surface area contributed by atoms with Crippen LogP contribution in [0.15, 0.2) is 53.1 Å². The number of benzene rings is 2. The molecule has 0 fully saturated rings. The van der Waals surface area contributed by atoms with Gasteiger partial charge in [0.15, 0.2) is 5.58 Å². The number of aromatic nitrogens is 1. The topological polar surface area (TPSA) is 64.4 Å². The number of carbonyl (C=O) groups excluding carboxylic acids is 1. The Morgan fingerprint density at radius 2 is 2.00 bits per heavy atom. The van der Waals surface area contributed by atoms with Crippen LogP contribution in [0.1, 0.15) is 17.3 Å². The maximum atomic E-state index is 12.4. The van der Waals surface area contributed by atoms with Gasteiger partial charge < -0.3 is 14.6 Å². The van der Waals surface area contributed by atoms with Crippen molar-refractivity contribution in [2.75, 3.05) is 13.7 Å². The third kappa shape index (κ3) is 3.75. The molecule has 1 unspecified atom stereocenters. The molecule has 1 atom stereocenters. The van der Waals surface area contributed by atoms with Gasteiger partial charge in [-0.1, -0.05) is 41.0 Å². The molecule has 0 saturated heterocycles. The molecule has 0 aliphatic carbocycles. The molecular formula is C18H17ClN2O3. The first-order valence-electron chi connectivity index (χ1n) is 7.54. The molecule has 0 spiro atoms. The van der Waals surface area contributed by atoms with Crippen LogP contribution in [0.5, 0.6) is 0 Å². The fourth-order valence-electron chi connectivity index (χ4n) is 2.55. The summed E-state index contributed by atoms with van der Waals surface area (Å²) >= 11 is 5.91. The summed E-state index contributed by atoms with van der Waals surface area (Å²) in [5.41, 5.74) is 2.22. The van der Waals surface area contributed by atoms with Crippen LogP contribution >= 0.6 is 11.6 Å². The summed E-state index contributed by atoms with van der Waals surface area (Å²) in [5.74, 6) is -0.147. The number of nitrogens with one attached hydrogen (secondary N) is 1. The number of nitrogens with zero attached hydrogens (tertiary/aromatic N) is 1. The highest BCUT2D eigenvalue weighted by molar-refractivity contribution is 6.30. The highest BCUT2D eigenvalue weighted by Crippen LogP contribution is 2.20. The summed E-state index contributed by atoms with van der Waals surface area (Å²) in [4.78, 5) is 12.4. The zero-order chi connectivity index (χ0) is 16.9. The molecular weight excluding hydrogens is 328 g/mol. The van der Waals surface area contributed by atoms with Crippen molar-refractivity contribution in [1.82, 2.24) is 10.5 Å². The maximum absolute atomic E-state index is 12.4. The van der Waals surface area contributed by atoms with Gasteiger partial charge in [-0.25, -0.2) is 0 Å². The molecule has 1 aromatic heterocycles. The average molecular weight is 345 g/mol. The second-order valence-corrected chi connectivity index (χ2v) is 5.87. The Bertz CT molecular complexity index is 830. The molecule has 2 aromatic carbocycles. The number of methoxy groups -OCH3 is 1. The number of ether oxygens (including phenoxy) is 1. The van der Waals surface area contributed by atoms with Crippen molar-refractivity contribution in [3.8, 4) is 0 Å². The number of carbonyl (C=O) groups is 1. The summed E-state index contributed by atoms with van der Waals surface area (Å²) in [6, 6.07) is 14.5. The summed E-state index contributed by atoms with van der Waals surface area (Å²) in [6.07, 6.45) is 0.144. The van der Waals surface area contributed by atoms with Crippen LogP contribution < -0.4 is 5.32 Å². The van der Waals surface area contributed by atoms with Crippen LogP contribution in [-0.4, -0.2) is 24.8 Å². The molecule has 1 amide bonds. The number of para-hydroxylation sites is 1. The normalized spacial score (nSPS) is 12.2. The van der Waals surface area contributed by atoms with Crippen molar-refractivity contribution in [1.29, 1.82) is 0 Å². The molecule has 0 saturated carbocycles. The smallest absolute Gasteiger partial charge is 0.226 e. The van der Waals surface area contributed by atoms with Gasteiger partial charge in [-0.2, -0.15) is 0 Å². The Morgan fingerprint density at radius 3 is 2.75 bits per heavy atom. The van der Waals surface area contributed by atoms with Crippen molar-refractivity contribution < 1.29 is 14.1 Å². The Kier molecular flexibility index (Phi) is 5.13. The minimum absolute atomic E-state index is 0.144. The molecule has 5 nitrogen and oxygen atoms in total. The quantitative estimate of drug-likeness (QED) is 0.743.